The zero-order valence-electron chi connectivity index (χ0n) is 18.6. The Morgan fingerprint density at radius 1 is 1.18 bits per heavy atom. The van der Waals surface area contributed by atoms with Crippen molar-refractivity contribution < 1.29 is 4.74 Å². The van der Waals surface area contributed by atoms with Crippen LogP contribution in [0, 0.1) is 0 Å². The summed E-state index contributed by atoms with van der Waals surface area (Å²) >= 11 is 6.45. The summed E-state index contributed by atoms with van der Waals surface area (Å²) in [7, 11) is 0. The first kappa shape index (κ1) is 21.1. The second-order valence-electron chi connectivity index (χ2n) is 8.64. The molecule has 6 rings (SSSR count). The molecule has 3 aromatic heterocycles. The molecule has 34 heavy (non-hydrogen) atoms. The number of H-pyrrole nitrogens is 1. The van der Waals surface area contributed by atoms with E-state index in [0.717, 1.165) is 12.8 Å². The second-order valence-corrected chi connectivity index (χ2v) is 9.05. The molecule has 4 aromatic rings. The van der Waals surface area contributed by atoms with Crippen LogP contribution in [0.2, 0.25) is 5.02 Å². The van der Waals surface area contributed by atoms with Gasteiger partial charge in [0.1, 0.15) is 5.52 Å². The number of nitrogens with two attached hydrogens (primary N) is 1. The van der Waals surface area contributed by atoms with Crippen LogP contribution in [-0.4, -0.2) is 61.9 Å². The normalized spacial score (nSPS) is 21.1. The highest BCUT2D eigenvalue weighted by Gasteiger charge is 2.38. The number of aromatic amines is 1. The molecule has 12 heteroatoms. The van der Waals surface area contributed by atoms with Crippen LogP contribution in [-0.2, 0) is 4.74 Å². The van der Waals surface area contributed by atoms with Crippen molar-refractivity contribution in [2.45, 2.75) is 31.8 Å². The number of halogens is 1. The second kappa shape index (κ2) is 8.10. The lowest BCUT2D eigenvalue weighted by molar-refractivity contribution is 0.110. The average molecular weight is 482 g/mol. The number of nitrogen functional groups attached to an aromatic ring is 1. The van der Waals surface area contributed by atoms with Gasteiger partial charge >= 0.3 is 0 Å². The molecule has 5 heterocycles. The standard InChI is InChI=1S/C22H24ClN9O2/c1-12-5-6-15(31(12)20-17-18(26-11-25-17)28-22(24)29-20)19-27-14-4-2-3-13(23)16(14)21(33)32(19)30-7-9-34-10-8-30/h2-4,11-12,15H,5-10H2,1H3,(H3,24,25,26,28,29)/t12-,15-/m0/s1. The Morgan fingerprint density at radius 3 is 2.82 bits per heavy atom. The fourth-order valence-electron chi connectivity index (χ4n) is 5.06. The van der Waals surface area contributed by atoms with Gasteiger partial charge in [0.05, 0.1) is 54.6 Å². The number of nitrogens with zero attached hydrogens (tertiary/aromatic N) is 7. The minimum atomic E-state index is -0.213. The number of rotatable bonds is 3. The smallest absolute Gasteiger partial charge is 0.281 e. The Bertz CT molecular complexity index is 1450. The molecule has 2 saturated heterocycles. The summed E-state index contributed by atoms with van der Waals surface area (Å²) in [4.78, 5) is 37.3. The van der Waals surface area contributed by atoms with Gasteiger partial charge in [-0.1, -0.05) is 17.7 Å². The number of ether oxygens (including phenoxy) is 1. The molecule has 2 fully saturated rings. The molecule has 2 atom stereocenters. The lowest BCUT2D eigenvalue weighted by Gasteiger charge is -2.36. The van der Waals surface area contributed by atoms with E-state index in [2.05, 4.69) is 31.8 Å². The van der Waals surface area contributed by atoms with E-state index < -0.39 is 0 Å². The number of anilines is 2. The van der Waals surface area contributed by atoms with E-state index in [1.807, 2.05) is 17.1 Å². The minimum Gasteiger partial charge on any atom is -0.378 e. The Hall–Kier alpha value is -3.44. The summed E-state index contributed by atoms with van der Waals surface area (Å²) in [6.07, 6.45) is 3.28. The highest BCUT2D eigenvalue weighted by Crippen LogP contribution is 2.40. The third kappa shape index (κ3) is 3.26. The van der Waals surface area contributed by atoms with Crippen LogP contribution in [0.1, 0.15) is 31.6 Å². The van der Waals surface area contributed by atoms with Gasteiger partial charge < -0.3 is 25.4 Å². The molecular formula is C22H24ClN9O2. The molecule has 2 aliphatic rings. The maximum absolute atomic E-state index is 13.9. The van der Waals surface area contributed by atoms with Crippen molar-refractivity contribution in [3.63, 3.8) is 0 Å². The summed E-state index contributed by atoms with van der Waals surface area (Å²) in [5.41, 5.74) is 7.64. The molecule has 176 valence electrons. The molecule has 0 spiro atoms. The molecule has 0 bridgehead atoms. The number of nitrogens with one attached hydrogen (secondary N) is 1. The Labute approximate surface area is 199 Å². The van der Waals surface area contributed by atoms with Crippen molar-refractivity contribution in [3.05, 3.63) is 45.7 Å². The van der Waals surface area contributed by atoms with Crippen molar-refractivity contribution >= 4 is 45.4 Å². The van der Waals surface area contributed by atoms with Crippen molar-refractivity contribution in [1.29, 1.82) is 0 Å². The largest absolute Gasteiger partial charge is 0.378 e. The van der Waals surface area contributed by atoms with Crippen LogP contribution in [0.4, 0.5) is 11.8 Å². The predicted octanol–water partition coefficient (Wildman–Crippen LogP) is 2.00. The summed E-state index contributed by atoms with van der Waals surface area (Å²) in [5.74, 6) is 1.45. The highest BCUT2D eigenvalue weighted by molar-refractivity contribution is 6.35. The van der Waals surface area contributed by atoms with Crippen molar-refractivity contribution in [1.82, 2.24) is 29.6 Å². The van der Waals surface area contributed by atoms with E-state index >= 15 is 0 Å². The monoisotopic (exact) mass is 481 g/mol. The number of aromatic nitrogens is 6. The van der Waals surface area contributed by atoms with E-state index in [-0.39, 0.29) is 23.6 Å². The van der Waals surface area contributed by atoms with Crippen LogP contribution in [0.25, 0.3) is 22.1 Å². The van der Waals surface area contributed by atoms with E-state index in [1.54, 1.807) is 17.1 Å². The lowest BCUT2D eigenvalue weighted by Crippen LogP contribution is -2.51. The van der Waals surface area contributed by atoms with Crippen molar-refractivity contribution in [3.8, 4) is 0 Å². The average Bonchev–Trinajstić information content (AvgIpc) is 3.45. The van der Waals surface area contributed by atoms with Crippen LogP contribution in [0.5, 0.6) is 0 Å². The molecule has 0 amide bonds. The van der Waals surface area contributed by atoms with Gasteiger partial charge in [0.2, 0.25) is 5.95 Å². The number of morpholine rings is 1. The number of imidazole rings is 1. The molecule has 0 radical (unpaired) electrons. The third-order valence-corrected chi connectivity index (χ3v) is 6.93. The van der Waals surface area contributed by atoms with Gasteiger partial charge in [0.25, 0.3) is 5.56 Å². The molecular weight excluding hydrogens is 458 g/mol. The van der Waals surface area contributed by atoms with Gasteiger partial charge in [-0.3, -0.25) is 4.79 Å². The highest BCUT2D eigenvalue weighted by atomic mass is 35.5. The maximum atomic E-state index is 13.9. The molecule has 0 aliphatic carbocycles. The summed E-state index contributed by atoms with van der Waals surface area (Å²) in [5, 5.41) is 2.81. The number of hydrogen-bond acceptors (Lipinski definition) is 9. The lowest BCUT2D eigenvalue weighted by atomic mass is 10.1. The maximum Gasteiger partial charge on any atom is 0.281 e. The molecule has 0 saturated carbocycles. The summed E-state index contributed by atoms with van der Waals surface area (Å²) in [6, 6.07) is 5.28. The number of hydrogen-bond donors (Lipinski definition) is 2. The predicted molar refractivity (Wildman–Crippen MR) is 130 cm³/mol. The van der Waals surface area contributed by atoms with Gasteiger partial charge in [-0.2, -0.15) is 9.97 Å². The topological polar surface area (TPSA) is 131 Å². The first-order chi connectivity index (χ1) is 16.5. The van der Waals surface area contributed by atoms with E-state index in [4.69, 9.17) is 27.1 Å². The molecule has 2 aliphatic heterocycles. The Kier molecular flexibility index (Phi) is 5.03. The fraction of sp³-hybridized carbons (Fsp3) is 0.409. The van der Waals surface area contributed by atoms with Crippen molar-refractivity contribution in [2.75, 3.05) is 41.9 Å². The molecule has 0 unspecified atom stereocenters. The number of benzene rings is 1. The SMILES string of the molecule is C[C@H]1CC[C@@H](c2nc3cccc(Cl)c3c(=O)n2N2CCOCC2)N1c1nc(N)nc2nc[nH]c12. The first-order valence-electron chi connectivity index (χ1n) is 11.3. The Morgan fingerprint density at radius 2 is 2.00 bits per heavy atom. The van der Waals surface area contributed by atoms with Crippen LogP contribution < -0.4 is 21.2 Å². The third-order valence-electron chi connectivity index (χ3n) is 6.62. The minimum absolute atomic E-state index is 0.135. The zero-order chi connectivity index (χ0) is 23.4. The van der Waals surface area contributed by atoms with E-state index in [1.165, 1.54) is 0 Å². The van der Waals surface area contributed by atoms with Gasteiger partial charge in [-0.25, -0.2) is 14.6 Å². The summed E-state index contributed by atoms with van der Waals surface area (Å²) < 4.78 is 7.24. The van der Waals surface area contributed by atoms with Crippen molar-refractivity contribution in [2.24, 2.45) is 0 Å². The quantitative estimate of drug-likeness (QED) is 0.451. The Balaban J connectivity index is 1.59. The van der Waals surface area contributed by atoms with Gasteiger partial charge in [0, 0.05) is 6.04 Å². The zero-order valence-corrected chi connectivity index (χ0v) is 19.4. The number of fused-ring (bicyclic) bond motifs is 2. The van der Waals surface area contributed by atoms with Gasteiger partial charge in [-0.05, 0) is 31.9 Å². The van der Waals surface area contributed by atoms with E-state index in [9.17, 15) is 4.79 Å². The van der Waals surface area contributed by atoms with Gasteiger partial charge in [-0.15, -0.1) is 0 Å². The molecule has 3 N–H and O–H groups in total. The van der Waals surface area contributed by atoms with Crippen LogP contribution >= 0.6 is 11.6 Å². The van der Waals surface area contributed by atoms with Crippen LogP contribution in [0.3, 0.4) is 0 Å². The molecule has 1 aromatic carbocycles. The molecule has 11 nitrogen and oxygen atoms in total. The van der Waals surface area contributed by atoms with Crippen LogP contribution in [0.15, 0.2) is 29.3 Å². The van der Waals surface area contributed by atoms with E-state index in [0.29, 0.717) is 65.0 Å². The van der Waals surface area contributed by atoms with Gasteiger partial charge in [0.15, 0.2) is 17.3 Å². The summed E-state index contributed by atoms with van der Waals surface area (Å²) in [6.45, 7) is 4.37. The fourth-order valence-corrected chi connectivity index (χ4v) is 5.31. The first-order valence-corrected chi connectivity index (χ1v) is 11.7.